The summed E-state index contributed by atoms with van der Waals surface area (Å²) in [5.41, 5.74) is 2.68. The van der Waals surface area contributed by atoms with Gasteiger partial charge in [-0.2, -0.15) is 0 Å². The van der Waals surface area contributed by atoms with Gasteiger partial charge in [-0.1, -0.05) is 0 Å². The van der Waals surface area contributed by atoms with Gasteiger partial charge in [-0.05, 0) is 31.4 Å². The van der Waals surface area contributed by atoms with Gasteiger partial charge in [0.25, 0.3) is 0 Å². The highest BCUT2D eigenvalue weighted by Crippen LogP contribution is 2.33. The van der Waals surface area contributed by atoms with Gasteiger partial charge < -0.3 is 9.67 Å². The van der Waals surface area contributed by atoms with Crippen molar-refractivity contribution in [1.29, 1.82) is 0 Å². The normalized spacial score (nSPS) is 18.1. The van der Waals surface area contributed by atoms with E-state index in [2.05, 4.69) is 9.97 Å². The Kier molecular flexibility index (Phi) is 2.81. The van der Waals surface area contributed by atoms with Crippen LogP contribution in [0.1, 0.15) is 30.1 Å². The highest BCUT2D eigenvalue weighted by Gasteiger charge is 2.31. The van der Waals surface area contributed by atoms with Gasteiger partial charge in [0, 0.05) is 30.7 Å². The van der Waals surface area contributed by atoms with Crippen LogP contribution in [0.5, 0.6) is 0 Å². The number of rotatable bonds is 2. The first-order chi connectivity index (χ1) is 9.18. The monoisotopic (exact) mass is 257 g/mol. The van der Waals surface area contributed by atoms with Crippen molar-refractivity contribution in [3.05, 3.63) is 35.9 Å². The Morgan fingerprint density at radius 3 is 3.05 bits per heavy atom. The van der Waals surface area contributed by atoms with Crippen molar-refractivity contribution >= 4 is 5.97 Å². The van der Waals surface area contributed by atoms with Gasteiger partial charge in [-0.25, -0.2) is 4.98 Å². The third-order valence-electron chi connectivity index (χ3n) is 3.70. The first-order valence-electron chi connectivity index (χ1n) is 6.37. The molecule has 1 atom stereocenters. The maximum atomic E-state index is 11.3. The molecule has 2 aromatic heterocycles. The number of nitrogens with zero attached hydrogens (tertiary/aromatic N) is 3. The number of pyridine rings is 1. The molecule has 19 heavy (non-hydrogen) atoms. The van der Waals surface area contributed by atoms with Crippen molar-refractivity contribution in [3.8, 4) is 11.4 Å². The fourth-order valence-electron chi connectivity index (χ4n) is 2.73. The number of hydrogen-bond donors (Lipinski definition) is 1. The van der Waals surface area contributed by atoms with E-state index in [0.29, 0.717) is 6.42 Å². The summed E-state index contributed by atoms with van der Waals surface area (Å²) < 4.78 is 2.00. The molecule has 1 N–H and O–H groups in total. The van der Waals surface area contributed by atoms with Crippen molar-refractivity contribution in [2.45, 2.75) is 25.2 Å². The first kappa shape index (κ1) is 11.9. The Hall–Kier alpha value is -2.17. The van der Waals surface area contributed by atoms with Gasteiger partial charge in [0.15, 0.2) is 0 Å². The quantitative estimate of drug-likeness (QED) is 0.893. The highest BCUT2D eigenvalue weighted by molar-refractivity contribution is 5.76. The molecule has 0 saturated heterocycles. The van der Waals surface area contributed by atoms with Gasteiger partial charge in [0.1, 0.15) is 11.7 Å². The minimum atomic E-state index is -0.781. The summed E-state index contributed by atoms with van der Waals surface area (Å²) in [4.78, 5) is 20.0. The van der Waals surface area contributed by atoms with Crippen molar-refractivity contribution in [2.75, 3.05) is 0 Å². The number of carboxylic acid groups (broad SMARTS) is 1. The fraction of sp³-hybridized carbons (Fsp3) is 0.357. The Labute approximate surface area is 110 Å². The zero-order chi connectivity index (χ0) is 13.4. The Balaban J connectivity index is 2.13. The van der Waals surface area contributed by atoms with E-state index in [1.165, 1.54) is 0 Å². The Morgan fingerprint density at radius 1 is 1.53 bits per heavy atom. The lowest BCUT2D eigenvalue weighted by Crippen LogP contribution is -2.18. The van der Waals surface area contributed by atoms with Crippen molar-refractivity contribution in [2.24, 2.45) is 7.05 Å². The molecule has 0 bridgehead atoms. The standard InChI is InChI=1S/C14H15N3O2/c1-17-11-6-2-5-10(14(18)19)12(11)16-13(17)9-4-3-7-15-8-9/h3-4,7-8,10H,2,5-6H2,1H3,(H,18,19). The molecular formula is C14H15N3O2. The largest absolute Gasteiger partial charge is 0.481 e. The van der Waals surface area contributed by atoms with E-state index >= 15 is 0 Å². The SMILES string of the molecule is Cn1c(-c2cccnc2)nc2c1CCCC2C(=O)O. The second kappa shape index (κ2) is 4.50. The van der Waals surface area contributed by atoms with E-state index in [0.717, 1.165) is 35.6 Å². The van der Waals surface area contributed by atoms with Crippen LogP contribution in [-0.2, 0) is 18.3 Å². The molecular weight excluding hydrogens is 242 g/mol. The predicted octanol–water partition coefficient (Wildman–Crippen LogP) is 1.99. The van der Waals surface area contributed by atoms with Crippen LogP contribution in [-0.4, -0.2) is 25.6 Å². The van der Waals surface area contributed by atoms with Crippen LogP contribution in [0.15, 0.2) is 24.5 Å². The van der Waals surface area contributed by atoms with Crippen molar-refractivity contribution < 1.29 is 9.90 Å². The van der Waals surface area contributed by atoms with Gasteiger partial charge in [0.2, 0.25) is 0 Å². The lowest BCUT2D eigenvalue weighted by atomic mass is 9.90. The van der Waals surface area contributed by atoms with Gasteiger partial charge in [-0.3, -0.25) is 9.78 Å². The average Bonchev–Trinajstić information content (AvgIpc) is 2.77. The lowest BCUT2D eigenvalue weighted by molar-refractivity contribution is -0.139. The second-order valence-electron chi connectivity index (χ2n) is 4.85. The molecule has 1 aliphatic rings. The first-order valence-corrected chi connectivity index (χ1v) is 6.37. The van der Waals surface area contributed by atoms with Gasteiger partial charge in [-0.15, -0.1) is 0 Å². The number of aromatic nitrogens is 3. The molecule has 5 heteroatoms. The molecule has 3 rings (SSSR count). The van der Waals surface area contributed by atoms with E-state index in [1.807, 2.05) is 23.7 Å². The van der Waals surface area contributed by atoms with E-state index in [-0.39, 0.29) is 0 Å². The number of imidazole rings is 1. The molecule has 0 amide bonds. The molecule has 0 saturated carbocycles. The molecule has 98 valence electrons. The zero-order valence-electron chi connectivity index (χ0n) is 10.7. The van der Waals surface area contributed by atoms with Crippen LogP contribution in [0.25, 0.3) is 11.4 Å². The van der Waals surface area contributed by atoms with E-state index in [1.54, 1.807) is 12.4 Å². The molecule has 0 spiro atoms. The molecule has 0 aromatic carbocycles. The fourth-order valence-corrected chi connectivity index (χ4v) is 2.73. The topological polar surface area (TPSA) is 68.0 Å². The average molecular weight is 257 g/mol. The summed E-state index contributed by atoms with van der Waals surface area (Å²) in [6.45, 7) is 0. The summed E-state index contributed by atoms with van der Waals surface area (Å²) >= 11 is 0. The van der Waals surface area contributed by atoms with Crippen LogP contribution in [0, 0.1) is 0 Å². The summed E-state index contributed by atoms with van der Waals surface area (Å²) in [5, 5.41) is 9.29. The minimum absolute atomic E-state index is 0.472. The summed E-state index contributed by atoms with van der Waals surface area (Å²) in [6, 6.07) is 3.80. The van der Waals surface area contributed by atoms with E-state index in [9.17, 15) is 9.90 Å². The van der Waals surface area contributed by atoms with Crippen molar-refractivity contribution in [3.63, 3.8) is 0 Å². The second-order valence-corrected chi connectivity index (χ2v) is 4.85. The molecule has 1 unspecified atom stereocenters. The summed E-state index contributed by atoms with van der Waals surface area (Å²) in [7, 11) is 1.94. The Morgan fingerprint density at radius 2 is 2.37 bits per heavy atom. The van der Waals surface area contributed by atoms with Crippen LogP contribution >= 0.6 is 0 Å². The van der Waals surface area contributed by atoms with Gasteiger partial charge in [0.05, 0.1) is 5.69 Å². The third-order valence-corrected chi connectivity index (χ3v) is 3.70. The van der Waals surface area contributed by atoms with E-state index < -0.39 is 11.9 Å². The smallest absolute Gasteiger partial charge is 0.312 e. The number of carbonyl (C=O) groups is 1. The number of hydrogen-bond acceptors (Lipinski definition) is 3. The summed E-state index contributed by atoms with van der Waals surface area (Å²) in [5.74, 6) is -0.455. The van der Waals surface area contributed by atoms with Gasteiger partial charge >= 0.3 is 5.97 Å². The molecule has 2 heterocycles. The van der Waals surface area contributed by atoms with Crippen LogP contribution < -0.4 is 0 Å². The maximum Gasteiger partial charge on any atom is 0.312 e. The molecule has 1 aliphatic carbocycles. The van der Waals surface area contributed by atoms with Crippen molar-refractivity contribution in [1.82, 2.24) is 14.5 Å². The number of carboxylic acids is 1. The van der Waals surface area contributed by atoms with Crippen LogP contribution in [0.2, 0.25) is 0 Å². The lowest BCUT2D eigenvalue weighted by Gasteiger charge is -2.18. The number of aliphatic carboxylic acids is 1. The number of fused-ring (bicyclic) bond motifs is 1. The molecule has 0 fully saturated rings. The minimum Gasteiger partial charge on any atom is -0.481 e. The van der Waals surface area contributed by atoms with Crippen LogP contribution in [0.3, 0.4) is 0 Å². The Bertz CT molecular complexity index is 619. The maximum absolute atomic E-state index is 11.3. The van der Waals surface area contributed by atoms with E-state index in [4.69, 9.17) is 0 Å². The third kappa shape index (κ3) is 1.91. The molecule has 5 nitrogen and oxygen atoms in total. The van der Waals surface area contributed by atoms with Crippen LogP contribution in [0.4, 0.5) is 0 Å². The molecule has 0 radical (unpaired) electrons. The zero-order valence-corrected chi connectivity index (χ0v) is 10.7. The predicted molar refractivity (Wildman–Crippen MR) is 69.8 cm³/mol. The highest BCUT2D eigenvalue weighted by atomic mass is 16.4. The molecule has 2 aromatic rings. The molecule has 0 aliphatic heterocycles. The summed E-state index contributed by atoms with van der Waals surface area (Å²) in [6.07, 6.45) is 5.93.